The third-order valence-electron chi connectivity index (χ3n) is 3.26. The summed E-state index contributed by atoms with van der Waals surface area (Å²) in [6.45, 7) is 3.92. The lowest BCUT2D eigenvalue weighted by Gasteiger charge is -2.15. The van der Waals surface area contributed by atoms with Gasteiger partial charge < -0.3 is 5.73 Å². The molecule has 0 aliphatic rings. The highest BCUT2D eigenvalue weighted by Crippen LogP contribution is 2.21. The summed E-state index contributed by atoms with van der Waals surface area (Å²) in [5, 5.41) is 0. The highest BCUT2D eigenvalue weighted by Gasteiger charge is 2.12. The third-order valence-corrected chi connectivity index (χ3v) is 3.26. The Balaban J connectivity index is 2.22. The predicted octanol–water partition coefficient (Wildman–Crippen LogP) is 3.69. The van der Waals surface area contributed by atoms with Crippen LogP contribution in [0.2, 0.25) is 0 Å². The molecule has 0 aliphatic carbocycles. The predicted molar refractivity (Wildman–Crippen MR) is 72.9 cm³/mol. The Hall–Kier alpha value is -1.67. The van der Waals surface area contributed by atoms with Crippen molar-refractivity contribution in [1.82, 2.24) is 0 Å². The Bertz CT molecular complexity index is 549. The minimum Gasteiger partial charge on any atom is -0.324 e. The lowest BCUT2D eigenvalue weighted by Crippen LogP contribution is -2.15. The first-order chi connectivity index (χ1) is 8.58. The van der Waals surface area contributed by atoms with Gasteiger partial charge in [0.05, 0.1) is 0 Å². The Morgan fingerprint density at radius 2 is 1.83 bits per heavy atom. The van der Waals surface area contributed by atoms with E-state index in [4.69, 9.17) is 5.73 Å². The minimum atomic E-state index is -0.299. The zero-order valence-electron chi connectivity index (χ0n) is 10.8. The maximum absolute atomic E-state index is 13.8. The first-order valence-electron chi connectivity index (χ1n) is 6.14. The second kappa shape index (κ2) is 5.32. The van der Waals surface area contributed by atoms with Gasteiger partial charge in [0.25, 0.3) is 0 Å². The van der Waals surface area contributed by atoms with Gasteiger partial charge in [-0.2, -0.15) is 0 Å². The molecule has 1 unspecified atom stereocenters. The SMILES string of the molecule is Cc1ccc(C(N)Cc2ccccc2C)c(F)c1. The average Bonchev–Trinajstić information content (AvgIpc) is 2.32. The molecule has 0 fully saturated rings. The quantitative estimate of drug-likeness (QED) is 0.874. The second-order valence-corrected chi connectivity index (χ2v) is 4.76. The zero-order valence-corrected chi connectivity index (χ0v) is 10.8. The highest BCUT2D eigenvalue weighted by atomic mass is 19.1. The van der Waals surface area contributed by atoms with E-state index in [-0.39, 0.29) is 11.9 Å². The van der Waals surface area contributed by atoms with Gasteiger partial charge in [0.2, 0.25) is 0 Å². The Kier molecular flexibility index (Phi) is 3.78. The molecule has 0 radical (unpaired) electrons. The van der Waals surface area contributed by atoms with E-state index in [1.54, 1.807) is 6.07 Å². The van der Waals surface area contributed by atoms with Gasteiger partial charge in [0.1, 0.15) is 5.82 Å². The number of hydrogen-bond acceptors (Lipinski definition) is 1. The van der Waals surface area contributed by atoms with Gasteiger partial charge >= 0.3 is 0 Å². The molecule has 0 heterocycles. The standard InChI is InChI=1S/C16H18FN/c1-11-7-8-14(15(17)9-11)16(18)10-13-6-4-3-5-12(13)2/h3-9,16H,10,18H2,1-2H3. The summed E-state index contributed by atoms with van der Waals surface area (Å²) in [6.07, 6.45) is 0.659. The normalized spacial score (nSPS) is 12.4. The summed E-state index contributed by atoms with van der Waals surface area (Å²) < 4.78 is 13.8. The van der Waals surface area contributed by atoms with E-state index in [1.807, 2.05) is 44.2 Å². The fourth-order valence-corrected chi connectivity index (χ4v) is 2.12. The van der Waals surface area contributed by atoms with Crippen LogP contribution < -0.4 is 5.73 Å². The van der Waals surface area contributed by atoms with Crippen LogP contribution in [0.25, 0.3) is 0 Å². The smallest absolute Gasteiger partial charge is 0.128 e. The summed E-state index contributed by atoms with van der Waals surface area (Å²) in [7, 11) is 0. The van der Waals surface area contributed by atoms with E-state index in [0.29, 0.717) is 12.0 Å². The van der Waals surface area contributed by atoms with Crippen molar-refractivity contribution in [1.29, 1.82) is 0 Å². The van der Waals surface area contributed by atoms with Gasteiger partial charge in [-0.15, -0.1) is 0 Å². The van der Waals surface area contributed by atoms with Gasteiger partial charge in [-0.25, -0.2) is 4.39 Å². The van der Waals surface area contributed by atoms with Crippen molar-refractivity contribution in [2.45, 2.75) is 26.3 Å². The van der Waals surface area contributed by atoms with Crippen molar-refractivity contribution in [3.8, 4) is 0 Å². The van der Waals surface area contributed by atoms with Crippen molar-refractivity contribution < 1.29 is 4.39 Å². The van der Waals surface area contributed by atoms with Crippen LogP contribution in [0.15, 0.2) is 42.5 Å². The lowest BCUT2D eigenvalue weighted by atomic mass is 9.96. The maximum atomic E-state index is 13.8. The summed E-state index contributed by atoms with van der Waals surface area (Å²) in [6, 6.07) is 13.0. The van der Waals surface area contributed by atoms with Crippen molar-refractivity contribution in [2.24, 2.45) is 5.73 Å². The van der Waals surface area contributed by atoms with E-state index in [1.165, 1.54) is 17.2 Å². The average molecular weight is 243 g/mol. The third kappa shape index (κ3) is 2.77. The van der Waals surface area contributed by atoms with Gasteiger partial charge in [-0.1, -0.05) is 36.4 Å². The van der Waals surface area contributed by atoms with Crippen molar-refractivity contribution in [3.05, 3.63) is 70.5 Å². The Morgan fingerprint density at radius 3 is 2.50 bits per heavy atom. The van der Waals surface area contributed by atoms with Gasteiger partial charge in [0, 0.05) is 11.6 Å². The molecule has 0 bridgehead atoms. The van der Waals surface area contributed by atoms with Gasteiger partial charge in [-0.3, -0.25) is 0 Å². The molecule has 2 heteroatoms. The first kappa shape index (κ1) is 12.8. The van der Waals surface area contributed by atoms with Crippen molar-refractivity contribution in [3.63, 3.8) is 0 Å². The fraction of sp³-hybridized carbons (Fsp3) is 0.250. The molecule has 1 nitrogen and oxygen atoms in total. The molecule has 18 heavy (non-hydrogen) atoms. The van der Waals surface area contributed by atoms with Crippen LogP contribution in [0.1, 0.15) is 28.3 Å². The molecule has 2 rings (SSSR count). The summed E-state index contributed by atoms with van der Waals surface area (Å²) in [4.78, 5) is 0. The van der Waals surface area contributed by atoms with Gasteiger partial charge in [0.15, 0.2) is 0 Å². The first-order valence-corrected chi connectivity index (χ1v) is 6.14. The van der Waals surface area contributed by atoms with Crippen LogP contribution in [0, 0.1) is 19.7 Å². The maximum Gasteiger partial charge on any atom is 0.128 e. The molecule has 1 atom stereocenters. The van der Waals surface area contributed by atoms with Crippen LogP contribution in [0.3, 0.4) is 0 Å². The molecule has 0 aromatic heterocycles. The van der Waals surface area contributed by atoms with Crippen LogP contribution >= 0.6 is 0 Å². The molecule has 0 saturated carbocycles. The molecular formula is C16H18FN. The lowest BCUT2D eigenvalue weighted by molar-refractivity contribution is 0.579. The summed E-state index contributed by atoms with van der Waals surface area (Å²) in [5.74, 6) is -0.212. The fourth-order valence-electron chi connectivity index (χ4n) is 2.12. The summed E-state index contributed by atoms with van der Waals surface area (Å²) >= 11 is 0. The van der Waals surface area contributed by atoms with E-state index in [2.05, 4.69) is 0 Å². The molecule has 2 N–H and O–H groups in total. The van der Waals surface area contributed by atoms with E-state index < -0.39 is 0 Å². The largest absolute Gasteiger partial charge is 0.324 e. The van der Waals surface area contributed by atoms with Gasteiger partial charge in [-0.05, 0) is 43.0 Å². The van der Waals surface area contributed by atoms with E-state index in [0.717, 1.165) is 5.56 Å². The number of rotatable bonds is 3. The second-order valence-electron chi connectivity index (χ2n) is 4.76. The summed E-state index contributed by atoms with van der Waals surface area (Å²) in [5.41, 5.74) is 9.98. The molecule has 0 saturated heterocycles. The van der Waals surface area contributed by atoms with Crippen LogP contribution in [-0.2, 0) is 6.42 Å². The number of hydrogen-bond donors (Lipinski definition) is 1. The topological polar surface area (TPSA) is 26.0 Å². The van der Waals surface area contributed by atoms with E-state index >= 15 is 0 Å². The Labute approximate surface area is 107 Å². The molecule has 0 amide bonds. The van der Waals surface area contributed by atoms with Crippen molar-refractivity contribution in [2.75, 3.05) is 0 Å². The number of benzene rings is 2. The highest BCUT2D eigenvalue weighted by molar-refractivity contribution is 5.31. The molecule has 2 aromatic rings. The van der Waals surface area contributed by atoms with Crippen LogP contribution in [-0.4, -0.2) is 0 Å². The minimum absolute atomic E-state index is 0.212. The molecule has 94 valence electrons. The molecule has 2 aromatic carbocycles. The molecule has 0 aliphatic heterocycles. The number of nitrogens with two attached hydrogens (primary N) is 1. The van der Waals surface area contributed by atoms with Crippen LogP contribution in [0.5, 0.6) is 0 Å². The van der Waals surface area contributed by atoms with Crippen molar-refractivity contribution >= 4 is 0 Å². The monoisotopic (exact) mass is 243 g/mol. The molecular weight excluding hydrogens is 225 g/mol. The zero-order chi connectivity index (χ0) is 13.1. The Morgan fingerprint density at radius 1 is 1.11 bits per heavy atom. The van der Waals surface area contributed by atoms with Crippen LogP contribution in [0.4, 0.5) is 4.39 Å². The number of aryl methyl sites for hydroxylation is 2. The number of halogens is 1. The van der Waals surface area contributed by atoms with E-state index in [9.17, 15) is 4.39 Å². The molecule has 0 spiro atoms.